The normalized spacial score (nSPS) is 26.9. The maximum atomic E-state index is 10.8. The van der Waals surface area contributed by atoms with Crippen LogP contribution in [0.5, 0.6) is 5.75 Å². The van der Waals surface area contributed by atoms with Crippen molar-refractivity contribution in [2.45, 2.75) is 70.2 Å². The summed E-state index contributed by atoms with van der Waals surface area (Å²) in [7, 11) is 0. The number of benzene rings is 1. The fraction of sp³-hybridized carbons (Fsp3) is 0.542. The Bertz CT molecular complexity index is 818. The molecule has 3 rings (SSSR count). The van der Waals surface area contributed by atoms with Crippen molar-refractivity contribution >= 4 is 5.97 Å². The number of rotatable bonds is 8. The maximum absolute atomic E-state index is 10.8. The number of aryl methyl sites for hydroxylation is 1. The van der Waals surface area contributed by atoms with Gasteiger partial charge in [-0.2, -0.15) is 0 Å². The zero-order valence-electron chi connectivity index (χ0n) is 17.0. The molecule has 29 heavy (non-hydrogen) atoms. The summed E-state index contributed by atoms with van der Waals surface area (Å²) in [5.74, 6) is 5.87. The molecular weight excluding hydrogens is 368 g/mol. The molecule has 1 aliphatic carbocycles. The zero-order valence-corrected chi connectivity index (χ0v) is 17.0. The summed E-state index contributed by atoms with van der Waals surface area (Å²) in [6.45, 7) is 3.75. The predicted molar refractivity (Wildman–Crippen MR) is 111 cm³/mol. The van der Waals surface area contributed by atoms with E-state index in [1.54, 1.807) is 13.0 Å². The lowest BCUT2D eigenvalue weighted by Crippen LogP contribution is -2.19. The van der Waals surface area contributed by atoms with Crippen molar-refractivity contribution in [1.29, 1.82) is 0 Å². The van der Waals surface area contributed by atoms with Gasteiger partial charge in [0.05, 0.1) is 12.2 Å². The first-order valence-electron chi connectivity index (χ1n) is 10.4. The summed E-state index contributed by atoms with van der Waals surface area (Å²) in [4.78, 5) is 10.8. The predicted octanol–water partition coefficient (Wildman–Crippen LogP) is 3.29. The number of carboxylic acid groups (broad SMARTS) is 1. The summed E-state index contributed by atoms with van der Waals surface area (Å²) in [5.41, 5.74) is 2.11. The highest BCUT2D eigenvalue weighted by molar-refractivity contribution is 5.66. The number of carboxylic acids is 1. The first-order valence-corrected chi connectivity index (χ1v) is 10.4. The molecule has 0 saturated heterocycles. The van der Waals surface area contributed by atoms with Gasteiger partial charge in [0.2, 0.25) is 0 Å². The quantitative estimate of drug-likeness (QED) is 0.462. The van der Waals surface area contributed by atoms with E-state index in [1.165, 1.54) is 0 Å². The fourth-order valence-electron chi connectivity index (χ4n) is 4.41. The van der Waals surface area contributed by atoms with Crippen LogP contribution in [0.4, 0.5) is 0 Å². The minimum atomic E-state index is -0.790. The molecule has 156 valence electrons. The van der Waals surface area contributed by atoms with E-state index in [9.17, 15) is 15.0 Å². The largest absolute Gasteiger partial charge is 0.489 e. The number of aliphatic hydroxyl groups excluding tert-OH is 2. The third kappa shape index (κ3) is 4.83. The maximum Gasteiger partial charge on any atom is 0.303 e. The molecule has 1 aliphatic heterocycles. The summed E-state index contributed by atoms with van der Waals surface area (Å²) in [6, 6.07) is 6.01. The summed E-state index contributed by atoms with van der Waals surface area (Å²) < 4.78 is 6.21. The van der Waals surface area contributed by atoms with Crippen LogP contribution in [-0.4, -0.2) is 39.6 Å². The van der Waals surface area contributed by atoms with Gasteiger partial charge in [-0.25, -0.2) is 0 Å². The molecule has 1 saturated carbocycles. The van der Waals surface area contributed by atoms with Crippen LogP contribution >= 0.6 is 0 Å². The van der Waals surface area contributed by atoms with E-state index in [-0.39, 0.29) is 30.3 Å². The average Bonchev–Trinajstić information content (AvgIpc) is 3.19. The van der Waals surface area contributed by atoms with Crippen molar-refractivity contribution in [1.82, 2.24) is 0 Å². The molecule has 6 atom stereocenters. The van der Waals surface area contributed by atoms with Crippen molar-refractivity contribution in [2.24, 2.45) is 11.8 Å². The highest BCUT2D eigenvalue weighted by atomic mass is 16.5. The topological polar surface area (TPSA) is 87.0 Å². The molecule has 0 aromatic heterocycles. The molecule has 1 heterocycles. The zero-order chi connectivity index (χ0) is 21.0. The van der Waals surface area contributed by atoms with Crippen molar-refractivity contribution in [3.8, 4) is 17.6 Å². The number of para-hydroxylation sites is 1. The molecule has 2 unspecified atom stereocenters. The molecule has 0 bridgehead atoms. The highest BCUT2D eigenvalue weighted by Crippen LogP contribution is 2.52. The average molecular weight is 398 g/mol. The second kappa shape index (κ2) is 9.47. The number of aliphatic hydroxyl groups is 2. The number of aliphatic carboxylic acids is 1. The van der Waals surface area contributed by atoms with Crippen LogP contribution in [0.15, 0.2) is 30.4 Å². The van der Waals surface area contributed by atoms with Crippen LogP contribution in [0.1, 0.15) is 56.6 Å². The van der Waals surface area contributed by atoms with E-state index >= 15 is 0 Å². The molecule has 1 fully saturated rings. The summed E-state index contributed by atoms with van der Waals surface area (Å²) in [5, 5.41) is 29.9. The number of fused-ring (bicyclic) bond motifs is 3. The smallest absolute Gasteiger partial charge is 0.303 e. The van der Waals surface area contributed by atoms with E-state index < -0.39 is 18.2 Å². The number of hydrogen-bond donors (Lipinski definition) is 3. The van der Waals surface area contributed by atoms with Crippen molar-refractivity contribution in [2.75, 3.05) is 0 Å². The third-order valence-corrected chi connectivity index (χ3v) is 6.04. The fourth-order valence-corrected chi connectivity index (χ4v) is 4.41. The lowest BCUT2D eigenvalue weighted by molar-refractivity contribution is -0.137. The van der Waals surface area contributed by atoms with Crippen LogP contribution in [0.3, 0.4) is 0 Å². The van der Waals surface area contributed by atoms with Gasteiger partial charge in [0.25, 0.3) is 0 Å². The van der Waals surface area contributed by atoms with E-state index in [2.05, 4.69) is 11.8 Å². The molecular formula is C24H30O5. The van der Waals surface area contributed by atoms with Crippen LogP contribution in [0, 0.1) is 23.7 Å². The van der Waals surface area contributed by atoms with Gasteiger partial charge in [0.15, 0.2) is 0 Å². The second-order valence-electron chi connectivity index (χ2n) is 8.13. The minimum Gasteiger partial charge on any atom is -0.489 e. The Balaban J connectivity index is 1.75. The van der Waals surface area contributed by atoms with Gasteiger partial charge in [0, 0.05) is 36.7 Å². The summed E-state index contributed by atoms with van der Waals surface area (Å²) >= 11 is 0. The molecule has 0 amide bonds. The molecule has 0 spiro atoms. The van der Waals surface area contributed by atoms with Crippen molar-refractivity contribution in [3.63, 3.8) is 0 Å². The van der Waals surface area contributed by atoms with Crippen LogP contribution in [0.25, 0.3) is 0 Å². The Morgan fingerprint density at radius 1 is 1.41 bits per heavy atom. The highest BCUT2D eigenvalue weighted by Gasteiger charge is 2.48. The van der Waals surface area contributed by atoms with Crippen LogP contribution in [-0.2, 0) is 11.2 Å². The first-order chi connectivity index (χ1) is 13.9. The van der Waals surface area contributed by atoms with Crippen molar-refractivity contribution < 1.29 is 24.9 Å². The van der Waals surface area contributed by atoms with Crippen molar-refractivity contribution in [3.05, 3.63) is 41.5 Å². The minimum absolute atomic E-state index is 0.0287. The Morgan fingerprint density at radius 2 is 2.21 bits per heavy atom. The number of hydrogen-bond acceptors (Lipinski definition) is 4. The van der Waals surface area contributed by atoms with Gasteiger partial charge in [0.1, 0.15) is 11.9 Å². The first kappa shape index (κ1) is 21.4. The molecule has 1 aromatic rings. The SMILES string of the molecule is CC#CCC(C)[C@H](O)/C=C/[C@@H]1C2c3cccc(CCCC(=O)O)c3O[C@H]2C[C@H]1O. The van der Waals surface area contributed by atoms with Gasteiger partial charge in [-0.1, -0.05) is 37.3 Å². The second-order valence-corrected chi connectivity index (χ2v) is 8.13. The third-order valence-electron chi connectivity index (χ3n) is 6.04. The van der Waals surface area contributed by atoms with Gasteiger partial charge in [-0.15, -0.1) is 11.8 Å². The van der Waals surface area contributed by atoms with E-state index in [0.717, 1.165) is 16.9 Å². The van der Waals surface area contributed by atoms with Crippen LogP contribution in [0.2, 0.25) is 0 Å². The number of ether oxygens (including phenoxy) is 1. The Labute approximate surface area is 172 Å². The van der Waals surface area contributed by atoms with Gasteiger partial charge >= 0.3 is 5.97 Å². The van der Waals surface area contributed by atoms with Crippen LogP contribution < -0.4 is 4.74 Å². The molecule has 3 N–H and O–H groups in total. The molecule has 1 aromatic carbocycles. The monoisotopic (exact) mass is 398 g/mol. The Hall–Kier alpha value is -2.29. The van der Waals surface area contributed by atoms with Gasteiger partial charge in [-0.3, -0.25) is 4.79 Å². The van der Waals surface area contributed by atoms with E-state index in [1.807, 2.05) is 31.2 Å². The van der Waals surface area contributed by atoms with Gasteiger partial charge in [-0.05, 0) is 31.2 Å². The lowest BCUT2D eigenvalue weighted by atomic mass is 9.86. The molecule has 0 radical (unpaired) electrons. The summed E-state index contributed by atoms with van der Waals surface area (Å²) in [6.07, 6.45) is 5.07. The Kier molecular flexibility index (Phi) is 7.00. The van der Waals surface area contributed by atoms with E-state index in [4.69, 9.17) is 9.84 Å². The lowest BCUT2D eigenvalue weighted by Gasteiger charge is -2.19. The molecule has 5 nitrogen and oxygen atoms in total. The number of carbonyl (C=O) groups is 1. The standard InChI is InChI=1S/C24H30O5/c1-3-4-7-15(2)19(25)13-12-17-20(26)14-21-23(17)18-10-5-8-16(24(18)29-21)9-6-11-22(27)28/h5,8,10,12-13,15,17,19-21,23,25-26H,6-7,9,11,14H2,1-2H3,(H,27,28)/b13-12+/t15?,17-,19+,20+,21-,23?/m0/s1. The Morgan fingerprint density at radius 3 is 2.93 bits per heavy atom. The van der Waals surface area contributed by atoms with Gasteiger partial charge < -0.3 is 20.1 Å². The van der Waals surface area contributed by atoms with E-state index in [0.29, 0.717) is 25.7 Å². The molecule has 5 heteroatoms. The molecule has 2 aliphatic rings.